The molecule has 0 heterocycles. The largest absolute Gasteiger partial charge is 0.491 e. The van der Waals surface area contributed by atoms with Gasteiger partial charge in [-0.05, 0) is 42.9 Å². The van der Waals surface area contributed by atoms with E-state index in [4.69, 9.17) is 10.00 Å². The van der Waals surface area contributed by atoms with Gasteiger partial charge in [0.15, 0.2) is 0 Å². The van der Waals surface area contributed by atoms with Crippen molar-refractivity contribution in [1.82, 2.24) is 5.32 Å². The van der Waals surface area contributed by atoms with Gasteiger partial charge in [-0.15, -0.1) is 0 Å². The van der Waals surface area contributed by atoms with Gasteiger partial charge in [-0.3, -0.25) is 5.32 Å². The highest BCUT2D eigenvalue weighted by atomic mass is 16.5. The van der Waals surface area contributed by atoms with Crippen molar-refractivity contribution in [3.63, 3.8) is 0 Å². The molecule has 1 saturated carbocycles. The van der Waals surface area contributed by atoms with Gasteiger partial charge in [0, 0.05) is 6.04 Å². The average Bonchev–Trinajstić information content (AvgIpc) is 3.18. The lowest BCUT2D eigenvalue weighted by Crippen LogP contribution is -2.34. The molecule has 1 aromatic rings. The van der Waals surface area contributed by atoms with Crippen LogP contribution in [0.3, 0.4) is 0 Å². The van der Waals surface area contributed by atoms with Crippen molar-refractivity contribution >= 4 is 0 Å². The van der Waals surface area contributed by atoms with Gasteiger partial charge in [0.1, 0.15) is 18.4 Å². The summed E-state index contributed by atoms with van der Waals surface area (Å²) in [6.07, 6.45) is 2.36. The molecule has 0 amide bonds. The van der Waals surface area contributed by atoms with Gasteiger partial charge in [-0.25, -0.2) is 0 Å². The Balaban J connectivity index is 2.00. The van der Waals surface area contributed by atoms with Crippen molar-refractivity contribution < 1.29 is 4.74 Å². The Morgan fingerprint density at radius 1 is 1.42 bits per heavy atom. The summed E-state index contributed by atoms with van der Waals surface area (Å²) >= 11 is 0. The van der Waals surface area contributed by atoms with Crippen LogP contribution >= 0.6 is 0 Å². The highest BCUT2D eigenvalue weighted by molar-refractivity contribution is 5.39. The van der Waals surface area contributed by atoms with Crippen LogP contribution < -0.4 is 10.1 Å². The molecule has 2 rings (SSSR count). The van der Waals surface area contributed by atoms with Gasteiger partial charge in [0.2, 0.25) is 0 Å². The minimum Gasteiger partial charge on any atom is -0.491 e. The van der Waals surface area contributed by atoms with Crippen LogP contribution in [0.1, 0.15) is 43.7 Å². The van der Waals surface area contributed by atoms with Crippen LogP contribution in [0.5, 0.6) is 5.75 Å². The van der Waals surface area contributed by atoms with Crippen LogP contribution in [0, 0.1) is 18.3 Å². The second kappa shape index (κ2) is 6.08. The van der Waals surface area contributed by atoms with E-state index in [-0.39, 0.29) is 6.04 Å². The second-order valence-corrected chi connectivity index (χ2v) is 5.63. The number of aryl methyl sites for hydroxylation is 1. The Morgan fingerprint density at radius 3 is 2.74 bits per heavy atom. The lowest BCUT2D eigenvalue weighted by Gasteiger charge is -2.17. The maximum atomic E-state index is 9.12. The molecule has 1 aliphatic carbocycles. The molecule has 0 saturated heterocycles. The molecule has 0 aliphatic heterocycles. The fraction of sp³-hybridized carbons (Fsp3) is 0.562. The van der Waals surface area contributed by atoms with Crippen LogP contribution in [0.4, 0.5) is 0 Å². The van der Waals surface area contributed by atoms with E-state index in [1.54, 1.807) is 0 Å². The van der Waals surface area contributed by atoms with Crippen LogP contribution in [0.15, 0.2) is 18.2 Å². The monoisotopic (exact) mass is 258 g/mol. The first-order chi connectivity index (χ1) is 9.10. The zero-order chi connectivity index (χ0) is 13.8. The Morgan fingerprint density at radius 2 is 2.16 bits per heavy atom. The number of nitrogens with one attached hydrogen (secondary N) is 1. The van der Waals surface area contributed by atoms with E-state index in [0.717, 1.165) is 5.75 Å². The molecule has 1 N–H and O–H groups in total. The smallest absolute Gasteiger partial charge is 0.130 e. The molecule has 0 aromatic heterocycles. The third kappa shape index (κ3) is 3.97. The summed E-state index contributed by atoms with van der Waals surface area (Å²) in [6, 6.07) is 8.86. The molecular formula is C16H22N2O. The number of rotatable bonds is 6. The Bertz CT molecular complexity index is 472. The normalized spacial score (nSPS) is 16.2. The molecule has 19 heavy (non-hydrogen) atoms. The van der Waals surface area contributed by atoms with Crippen molar-refractivity contribution in [2.45, 2.75) is 51.6 Å². The fourth-order valence-corrected chi connectivity index (χ4v) is 2.07. The topological polar surface area (TPSA) is 45.0 Å². The third-order valence-electron chi connectivity index (χ3n) is 3.37. The van der Waals surface area contributed by atoms with E-state index in [1.165, 1.54) is 24.0 Å². The minimum absolute atomic E-state index is 0.215. The first-order valence-corrected chi connectivity index (χ1v) is 6.99. The van der Waals surface area contributed by atoms with Crippen LogP contribution in [0.2, 0.25) is 0 Å². The lowest BCUT2D eigenvalue weighted by molar-refractivity contribution is 0.284. The van der Waals surface area contributed by atoms with Gasteiger partial charge in [0.05, 0.1) is 6.07 Å². The summed E-state index contributed by atoms with van der Waals surface area (Å²) in [5.74, 6) is 1.33. The van der Waals surface area contributed by atoms with E-state index in [9.17, 15) is 0 Å². The third-order valence-corrected chi connectivity index (χ3v) is 3.37. The Kier molecular flexibility index (Phi) is 4.44. The number of benzene rings is 1. The number of nitriles is 1. The van der Waals surface area contributed by atoms with Gasteiger partial charge in [-0.1, -0.05) is 26.0 Å². The highest BCUT2D eigenvalue weighted by Crippen LogP contribution is 2.27. The van der Waals surface area contributed by atoms with Crippen molar-refractivity contribution in [3.05, 3.63) is 29.3 Å². The van der Waals surface area contributed by atoms with Gasteiger partial charge in [0.25, 0.3) is 0 Å². The number of ether oxygens (including phenoxy) is 1. The number of hydrogen-bond acceptors (Lipinski definition) is 3. The standard InChI is InChI=1S/C16H22N2O/c1-11(2)15-7-4-12(3)8-16(15)19-10-14(9-17)18-13-5-6-13/h4,7-8,11,13-14,18H,5-6,10H2,1-3H3. The molecule has 3 heteroatoms. The predicted octanol–water partition coefficient (Wildman–Crippen LogP) is 3.14. The summed E-state index contributed by atoms with van der Waals surface area (Å²) in [6.45, 7) is 6.78. The summed E-state index contributed by atoms with van der Waals surface area (Å²) in [4.78, 5) is 0. The molecule has 1 atom stereocenters. The molecule has 1 aromatic carbocycles. The summed E-state index contributed by atoms with van der Waals surface area (Å²) < 4.78 is 5.88. The van der Waals surface area contributed by atoms with Crippen molar-refractivity contribution in [2.24, 2.45) is 0 Å². The van der Waals surface area contributed by atoms with Crippen molar-refractivity contribution in [2.75, 3.05) is 6.61 Å². The molecule has 3 nitrogen and oxygen atoms in total. The quantitative estimate of drug-likeness (QED) is 0.852. The summed E-state index contributed by atoms with van der Waals surface area (Å²) in [7, 11) is 0. The molecule has 0 radical (unpaired) electrons. The zero-order valence-electron chi connectivity index (χ0n) is 11.9. The molecule has 1 aliphatic rings. The number of nitrogens with zero attached hydrogens (tertiary/aromatic N) is 1. The molecule has 1 unspecified atom stereocenters. The second-order valence-electron chi connectivity index (χ2n) is 5.63. The maximum Gasteiger partial charge on any atom is 0.130 e. The first-order valence-electron chi connectivity index (χ1n) is 6.99. The van der Waals surface area contributed by atoms with E-state index in [2.05, 4.69) is 50.4 Å². The van der Waals surface area contributed by atoms with Crippen molar-refractivity contribution in [3.8, 4) is 11.8 Å². The summed E-state index contributed by atoms with van der Waals surface area (Å²) in [5.41, 5.74) is 2.39. The molecule has 0 spiro atoms. The molecule has 1 fully saturated rings. The fourth-order valence-electron chi connectivity index (χ4n) is 2.07. The lowest BCUT2D eigenvalue weighted by atomic mass is 10.0. The average molecular weight is 258 g/mol. The minimum atomic E-state index is -0.215. The first kappa shape index (κ1) is 13.9. The highest BCUT2D eigenvalue weighted by Gasteiger charge is 2.24. The van der Waals surface area contributed by atoms with Gasteiger partial charge < -0.3 is 4.74 Å². The van der Waals surface area contributed by atoms with Gasteiger partial charge in [-0.2, -0.15) is 5.26 Å². The zero-order valence-corrected chi connectivity index (χ0v) is 11.9. The van der Waals surface area contributed by atoms with Crippen LogP contribution in [-0.4, -0.2) is 18.7 Å². The predicted molar refractivity (Wildman–Crippen MR) is 76.3 cm³/mol. The van der Waals surface area contributed by atoms with Crippen LogP contribution in [0.25, 0.3) is 0 Å². The van der Waals surface area contributed by atoms with Crippen molar-refractivity contribution in [1.29, 1.82) is 5.26 Å². The van der Waals surface area contributed by atoms with E-state index in [0.29, 0.717) is 18.6 Å². The Labute approximate surface area is 115 Å². The summed E-state index contributed by atoms with van der Waals surface area (Å²) in [5, 5.41) is 12.4. The van der Waals surface area contributed by atoms with Gasteiger partial charge >= 0.3 is 0 Å². The van der Waals surface area contributed by atoms with E-state index in [1.807, 2.05) is 0 Å². The molecule has 0 bridgehead atoms. The SMILES string of the molecule is Cc1ccc(C(C)C)c(OCC(C#N)NC2CC2)c1. The number of hydrogen-bond donors (Lipinski definition) is 1. The van der Waals surface area contributed by atoms with Crippen LogP contribution in [-0.2, 0) is 0 Å². The molecular weight excluding hydrogens is 236 g/mol. The maximum absolute atomic E-state index is 9.12. The molecule has 102 valence electrons. The van der Waals surface area contributed by atoms with E-state index < -0.39 is 0 Å². The van der Waals surface area contributed by atoms with E-state index >= 15 is 0 Å². The Hall–Kier alpha value is -1.53.